The SMILES string of the molecule is COC(=O)c1c(NC(=S)Nc2ccc(NS(=O)(=O)c3ccc(C)cc3)cc2)sc2c1CCCC2. The van der Waals surface area contributed by atoms with Crippen LogP contribution in [0.1, 0.15) is 39.2 Å². The maximum absolute atomic E-state index is 12.6. The minimum Gasteiger partial charge on any atom is -0.465 e. The predicted molar refractivity (Wildman–Crippen MR) is 141 cm³/mol. The number of carbonyl (C=O) groups is 1. The lowest BCUT2D eigenvalue weighted by Crippen LogP contribution is -2.20. The van der Waals surface area contributed by atoms with E-state index in [0.717, 1.165) is 36.8 Å². The molecular formula is C24H25N3O4S3. The lowest BCUT2D eigenvalue weighted by Gasteiger charge is -2.13. The lowest BCUT2D eigenvalue weighted by atomic mass is 9.95. The average molecular weight is 516 g/mol. The zero-order valence-corrected chi connectivity index (χ0v) is 21.3. The highest BCUT2D eigenvalue weighted by atomic mass is 32.2. The zero-order valence-electron chi connectivity index (χ0n) is 18.8. The van der Waals surface area contributed by atoms with Crippen molar-refractivity contribution in [1.29, 1.82) is 0 Å². The van der Waals surface area contributed by atoms with Crippen LogP contribution in [-0.2, 0) is 27.6 Å². The van der Waals surface area contributed by atoms with Gasteiger partial charge < -0.3 is 15.4 Å². The molecule has 10 heteroatoms. The van der Waals surface area contributed by atoms with Crippen molar-refractivity contribution < 1.29 is 17.9 Å². The first kappa shape index (κ1) is 24.2. The van der Waals surface area contributed by atoms with E-state index in [-0.39, 0.29) is 10.9 Å². The zero-order chi connectivity index (χ0) is 24.3. The molecule has 3 aromatic rings. The van der Waals surface area contributed by atoms with Crippen molar-refractivity contribution in [1.82, 2.24) is 0 Å². The molecule has 1 aliphatic carbocycles. The van der Waals surface area contributed by atoms with Crippen LogP contribution in [-0.4, -0.2) is 26.6 Å². The number of thiophene rings is 1. The average Bonchev–Trinajstić information content (AvgIpc) is 3.17. The molecule has 7 nitrogen and oxygen atoms in total. The second kappa shape index (κ2) is 10.1. The molecule has 0 saturated carbocycles. The van der Waals surface area contributed by atoms with E-state index in [1.54, 1.807) is 48.5 Å². The fourth-order valence-electron chi connectivity index (χ4n) is 3.79. The number of hydrogen-bond donors (Lipinski definition) is 3. The number of hydrogen-bond acceptors (Lipinski definition) is 6. The van der Waals surface area contributed by atoms with Crippen molar-refractivity contribution >= 4 is 61.0 Å². The van der Waals surface area contributed by atoms with Crippen LogP contribution in [0.5, 0.6) is 0 Å². The van der Waals surface area contributed by atoms with Gasteiger partial charge >= 0.3 is 5.97 Å². The van der Waals surface area contributed by atoms with Gasteiger partial charge in [0.2, 0.25) is 0 Å². The topological polar surface area (TPSA) is 96.5 Å². The molecule has 0 radical (unpaired) electrons. The number of aryl methyl sites for hydroxylation is 2. The normalized spacial score (nSPS) is 13.0. The number of ether oxygens (including phenoxy) is 1. The molecule has 1 aliphatic rings. The minimum atomic E-state index is -3.67. The lowest BCUT2D eigenvalue weighted by molar-refractivity contribution is 0.0601. The van der Waals surface area contributed by atoms with Crippen molar-refractivity contribution in [2.45, 2.75) is 37.5 Å². The number of nitrogens with one attached hydrogen (secondary N) is 3. The Morgan fingerprint density at radius 3 is 2.29 bits per heavy atom. The number of benzene rings is 2. The maximum atomic E-state index is 12.6. The van der Waals surface area contributed by atoms with Crippen molar-refractivity contribution in [2.24, 2.45) is 0 Å². The number of fused-ring (bicyclic) bond motifs is 1. The van der Waals surface area contributed by atoms with Crippen LogP contribution in [0.25, 0.3) is 0 Å². The fraction of sp³-hybridized carbons (Fsp3) is 0.250. The van der Waals surface area contributed by atoms with E-state index in [4.69, 9.17) is 17.0 Å². The second-order valence-electron chi connectivity index (χ2n) is 7.98. The number of carbonyl (C=O) groups excluding carboxylic acids is 1. The highest BCUT2D eigenvalue weighted by molar-refractivity contribution is 7.92. The van der Waals surface area contributed by atoms with Crippen molar-refractivity contribution in [3.63, 3.8) is 0 Å². The molecule has 1 aromatic heterocycles. The summed E-state index contributed by atoms with van der Waals surface area (Å²) in [5.74, 6) is -0.366. The third-order valence-corrected chi connectivity index (χ3v) is 8.32. The Balaban J connectivity index is 1.43. The Kier molecular flexibility index (Phi) is 7.20. The third kappa shape index (κ3) is 5.40. The van der Waals surface area contributed by atoms with Crippen LogP contribution in [0.15, 0.2) is 53.4 Å². The largest absolute Gasteiger partial charge is 0.465 e. The van der Waals surface area contributed by atoms with Crippen LogP contribution in [0, 0.1) is 6.92 Å². The fourth-order valence-corrected chi connectivity index (χ4v) is 6.42. The molecule has 1 heterocycles. The first-order valence-electron chi connectivity index (χ1n) is 10.8. The Morgan fingerprint density at radius 2 is 1.62 bits per heavy atom. The van der Waals surface area contributed by atoms with E-state index in [2.05, 4.69) is 15.4 Å². The number of methoxy groups -OCH3 is 1. The second-order valence-corrected chi connectivity index (χ2v) is 11.2. The molecule has 3 N–H and O–H groups in total. The molecular weight excluding hydrogens is 490 g/mol. The Hall–Kier alpha value is -2.95. The van der Waals surface area contributed by atoms with Gasteiger partial charge in [0.25, 0.3) is 10.0 Å². The van der Waals surface area contributed by atoms with E-state index < -0.39 is 10.0 Å². The maximum Gasteiger partial charge on any atom is 0.341 e. The molecule has 0 atom stereocenters. The summed E-state index contributed by atoms with van der Waals surface area (Å²) < 4.78 is 32.7. The first-order valence-corrected chi connectivity index (χ1v) is 13.5. The Morgan fingerprint density at radius 1 is 0.971 bits per heavy atom. The van der Waals surface area contributed by atoms with Gasteiger partial charge in [-0.3, -0.25) is 4.72 Å². The van der Waals surface area contributed by atoms with Crippen LogP contribution in [0.2, 0.25) is 0 Å². The third-order valence-electron chi connectivity index (χ3n) is 5.51. The van der Waals surface area contributed by atoms with Crippen LogP contribution < -0.4 is 15.4 Å². The summed E-state index contributed by atoms with van der Waals surface area (Å²) in [6.07, 6.45) is 3.97. The molecule has 34 heavy (non-hydrogen) atoms. The van der Waals surface area contributed by atoms with E-state index in [9.17, 15) is 13.2 Å². The Labute approximate surface area is 208 Å². The first-order chi connectivity index (χ1) is 16.3. The molecule has 2 aromatic carbocycles. The summed E-state index contributed by atoms with van der Waals surface area (Å²) in [6, 6.07) is 13.4. The van der Waals surface area contributed by atoms with E-state index in [1.165, 1.54) is 23.3 Å². The van der Waals surface area contributed by atoms with Crippen LogP contribution in [0.3, 0.4) is 0 Å². The summed E-state index contributed by atoms with van der Waals surface area (Å²) in [4.78, 5) is 13.8. The van der Waals surface area contributed by atoms with E-state index >= 15 is 0 Å². The van der Waals surface area contributed by atoms with Crippen LogP contribution in [0.4, 0.5) is 16.4 Å². The molecule has 0 aliphatic heterocycles. The molecule has 4 rings (SSSR count). The minimum absolute atomic E-state index is 0.200. The number of anilines is 3. The standard InChI is InChI=1S/C24H25N3O4S3/c1-15-7-13-18(14-8-15)34(29,30)27-17-11-9-16(10-12-17)25-24(32)26-22-21(23(28)31-2)19-5-3-4-6-20(19)33-22/h7-14,27H,3-6H2,1-2H3,(H2,25,26,32). The van der Waals surface area contributed by atoms with Gasteiger partial charge in [-0.25, -0.2) is 13.2 Å². The highest BCUT2D eigenvalue weighted by Crippen LogP contribution is 2.38. The van der Waals surface area contributed by atoms with Gasteiger partial charge in [-0.2, -0.15) is 0 Å². The molecule has 0 unspecified atom stereocenters. The molecule has 178 valence electrons. The molecule has 0 amide bonds. The summed E-state index contributed by atoms with van der Waals surface area (Å²) >= 11 is 6.99. The van der Waals surface area contributed by atoms with E-state index in [1.807, 2.05) is 6.92 Å². The summed E-state index contributed by atoms with van der Waals surface area (Å²) in [6.45, 7) is 1.90. The van der Waals surface area contributed by atoms with Gasteiger partial charge in [0.15, 0.2) is 5.11 Å². The summed E-state index contributed by atoms with van der Waals surface area (Å²) in [7, 11) is -2.30. The summed E-state index contributed by atoms with van der Waals surface area (Å²) in [5, 5.41) is 7.23. The Bertz CT molecular complexity index is 1310. The predicted octanol–water partition coefficient (Wildman–Crippen LogP) is 5.33. The smallest absolute Gasteiger partial charge is 0.341 e. The number of esters is 1. The molecule has 0 spiro atoms. The van der Waals surface area contributed by atoms with Crippen molar-refractivity contribution in [2.75, 3.05) is 22.5 Å². The van der Waals surface area contributed by atoms with Crippen molar-refractivity contribution in [3.8, 4) is 0 Å². The highest BCUT2D eigenvalue weighted by Gasteiger charge is 2.26. The molecule has 0 bridgehead atoms. The molecule has 0 saturated heterocycles. The monoisotopic (exact) mass is 515 g/mol. The van der Waals surface area contributed by atoms with Crippen molar-refractivity contribution in [3.05, 3.63) is 70.1 Å². The van der Waals surface area contributed by atoms with Gasteiger partial charge in [-0.15, -0.1) is 11.3 Å². The van der Waals surface area contributed by atoms with Crippen LogP contribution >= 0.6 is 23.6 Å². The molecule has 0 fully saturated rings. The van der Waals surface area contributed by atoms with Gasteiger partial charge in [0, 0.05) is 16.3 Å². The van der Waals surface area contributed by atoms with Gasteiger partial charge in [0.05, 0.1) is 17.6 Å². The number of sulfonamides is 1. The number of rotatable bonds is 6. The summed E-state index contributed by atoms with van der Waals surface area (Å²) in [5.41, 5.74) is 3.71. The van der Waals surface area contributed by atoms with Gasteiger partial charge in [-0.05, 0) is 86.8 Å². The quantitative estimate of drug-likeness (QED) is 0.302. The van der Waals surface area contributed by atoms with E-state index in [0.29, 0.717) is 27.1 Å². The van der Waals surface area contributed by atoms with Gasteiger partial charge in [-0.1, -0.05) is 17.7 Å². The number of thiocarbonyl (C=S) groups is 1. The van der Waals surface area contributed by atoms with Gasteiger partial charge in [0.1, 0.15) is 5.00 Å².